The molecule has 2 aromatic carbocycles. The van der Waals surface area contributed by atoms with Crippen molar-refractivity contribution >= 4 is 17.5 Å². The van der Waals surface area contributed by atoms with Gasteiger partial charge in [-0.2, -0.15) is 0 Å². The largest absolute Gasteiger partial charge is 0.497 e. The Morgan fingerprint density at radius 3 is 2.71 bits per heavy atom. The lowest BCUT2D eigenvalue weighted by Gasteiger charge is -2.25. The van der Waals surface area contributed by atoms with Gasteiger partial charge in [0.05, 0.1) is 19.9 Å². The van der Waals surface area contributed by atoms with Crippen LogP contribution < -0.4 is 20.1 Å². The quantitative estimate of drug-likeness (QED) is 0.901. The van der Waals surface area contributed by atoms with Crippen molar-refractivity contribution in [3.8, 4) is 11.5 Å². The zero-order valence-corrected chi connectivity index (χ0v) is 13.5. The van der Waals surface area contributed by atoms with Crippen molar-refractivity contribution in [1.82, 2.24) is 5.32 Å². The molecule has 0 aromatic heterocycles. The molecule has 1 aliphatic rings. The van der Waals surface area contributed by atoms with Gasteiger partial charge in [-0.3, -0.25) is 9.59 Å². The minimum Gasteiger partial charge on any atom is -0.497 e. The molecule has 1 unspecified atom stereocenters. The smallest absolute Gasteiger partial charge is 0.252 e. The van der Waals surface area contributed by atoms with E-state index in [9.17, 15) is 9.59 Å². The molecule has 3 rings (SSSR count). The minimum atomic E-state index is -0.626. The fraction of sp³-hybridized carbons (Fsp3) is 0.222. The number of rotatable bonds is 4. The minimum absolute atomic E-state index is 0.237. The molecule has 0 saturated carbocycles. The number of methoxy groups -OCH3 is 2. The molecule has 1 atom stereocenters. The normalized spacial score (nSPS) is 15.9. The van der Waals surface area contributed by atoms with Crippen LogP contribution in [0.2, 0.25) is 0 Å². The summed E-state index contributed by atoms with van der Waals surface area (Å²) < 4.78 is 10.4. The first kappa shape index (κ1) is 15.9. The van der Waals surface area contributed by atoms with E-state index >= 15 is 0 Å². The highest BCUT2D eigenvalue weighted by Gasteiger charge is 2.29. The summed E-state index contributed by atoms with van der Waals surface area (Å²) in [5, 5.41) is 5.54. The van der Waals surface area contributed by atoms with Crippen LogP contribution >= 0.6 is 0 Å². The molecule has 0 aliphatic carbocycles. The zero-order chi connectivity index (χ0) is 17.1. The molecule has 2 N–H and O–H groups in total. The molecule has 0 fully saturated rings. The maximum absolute atomic E-state index is 12.5. The van der Waals surface area contributed by atoms with Gasteiger partial charge in [-0.05, 0) is 23.8 Å². The molecule has 1 aliphatic heterocycles. The second kappa shape index (κ2) is 6.62. The lowest BCUT2D eigenvalue weighted by molar-refractivity contribution is -0.118. The van der Waals surface area contributed by atoms with E-state index in [4.69, 9.17) is 9.47 Å². The van der Waals surface area contributed by atoms with Gasteiger partial charge in [-0.1, -0.05) is 18.2 Å². The first-order chi connectivity index (χ1) is 11.6. The fourth-order valence-electron chi connectivity index (χ4n) is 2.71. The van der Waals surface area contributed by atoms with E-state index in [2.05, 4.69) is 10.6 Å². The van der Waals surface area contributed by atoms with Crippen LogP contribution in [0, 0.1) is 0 Å². The summed E-state index contributed by atoms with van der Waals surface area (Å²) in [4.78, 5) is 24.7. The molecule has 2 aromatic rings. The second-order valence-corrected chi connectivity index (χ2v) is 5.44. The maximum atomic E-state index is 12.5. The highest BCUT2D eigenvalue weighted by molar-refractivity contribution is 6.04. The van der Waals surface area contributed by atoms with Crippen molar-refractivity contribution in [3.05, 3.63) is 53.6 Å². The van der Waals surface area contributed by atoms with Gasteiger partial charge in [-0.25, -0.2) is 0 Å². The van der Waals surface area contributed by atoms with Crippen molar-refractivity contribution in [2.75, 3.05) is 19.5 Å². The predicted molar refractivity (Wildman–Crippen MR) is 89.6 cm³/mol. The Morgan fingerprint density at radius 2 is 1.96 bits per heavy atom. The van der Waals surface area contributed by atoms with E-state index in [1.165, 1.54) is 7.11 Å². The fourth-order valence-corrected chi connectivity index (χ4v) is 2.71. The van der Waals surface area contributed by atoms with E-state index in [1.807, 2.05) is 12.1 Å². The van der Waals surface area contributed by atoms with E-state index in [-0.39, 0.29) is 11.8 Å². The van der Waals surface area contributed by atoms with Crippen LogP contribution in [0.4, 0.5) is 5.69 Å². The van der Waals surface area contributed by atoms with Crippen molar-refractivity contribution in [2.45, 2.75) is 12.5 Å². The summed E-state index contributed by atoms with van der Waals surface area (Å²) >= 11 is 0. The van der Waals surface area contributed by atoms with Crippen molar-refractivity contribution < 1.29 is 19.1 Å². The summed E-state index contributed by atoms with van der Waals surface area (Å²) in [5.41, 5.74) is 2.00. The number of fused-ring (bicyclic) bond motifs is 1. The number of ether oxygens (including phenoxy) is 2. The molecule has 1 heterocycles. The lowest BCUT2D eigenvalue weighted by Crippen LogP contribution is -2.48. The molecule has 0 radical (unpaired) electrons. The van der Waals surface area contributed by atoms with E-state index in [0.717, 1.165) is 5.56 Å². The first-order valence-electron chi connectivity index (χ1n) is 7.54. The highest BCUT2D eigenvalue weighted by atomic mass is 16.5. The molecule has 24 heavy (non-hydrogen) atoms. The number of nitrogens with one attached hydrogen (secondary N) is 2. The summed E-state index contributed by atoms with van der Waals surface area (Å²) in [6, 6.07) is 11.8. The zero-order valence-electron chi connectivity index (χ0n) is 13.5. The van der Waals surface area contributed by atoms with E-state index in [1.54, 1.807) is 37.4 Å². The predicted octanol–water partition coefficient (Wildman–Crippen LogP) is 2.00. The van der Waals surface area contributed by atoms with Gasteiger partial charge in [0.2, 0.25) is 5.91 Å². The van der Waals surface area contributed by atoms with Crippen LogP contribution in [-0.4, -0.2) is 32.1 Å². The Balaban J connectivity index is 1.78. The van der Waals surface area contributed by atoms with Gasteiger partial charge < -0.3 is 20.1 Å². The van der Waals surface area contributed by atoms with Crippen LogP contribution in [0.1, 0.15) is 15.9 Å². The number of hydrogen-bond donors (Lipinski definition) is 2. The Labute approximate surface area is 139 Å². The standard InChI is InChI=1S/C18H18N2O4/c1-23-12-7-8-14(16(10-12)24-2)19-18(22)15-9-11-5-3-4-6-13(11)17(21)20-15/h3-8,10,15H,9H2,1-2H3,(H,19,22)(H,20,21). The number of benzene rings is 2. The summed E-state index contributed by atoms with van der Waals surface area (Å²) in [6.07, 6.45) is 0.451. The first-order valence-corrected chi connectivity index (χ1v) is 7.54. The van der Waals surface area contributed by atoms with Crippen LogP contribution in [0.5, 0.6) is 11.5 Å². The molecule has 124 valence electrons. The van der Waals surface area contributed by atoms with Gasteiger partial charge >= 0.3 is 0 Å². The molecule has 6 nitrogen and oxygen atoms in total. The molecule has 0 saturated heterocycles. The van der Waals surface area contributed by atoms with Crippen molar-refractivity contribution in [1.29, 1.82) is 0 Å². The number of carbonyl (C=O) groups excluding carboxylic acids is 2. The number of anilines is 1. The van der Waals surface area contributed by atoms with E-state index in [0.29, 0.717) is 29.2 Å². The number of carbonyl (C=O) groups is 2. The topological polar surface area (TPSA) is 76.7 Å². The van der Waals surface area contributed by atoms with Crippen LogP contribution in [0.25, 0.3) is 0 Å². The Morgan fingerprint density at radius 1 is 1.17 bits per heavy atom. The summed E-state index contributed by atoms with van der Waals surface area (Å²) in [5.74, 6) is 0.593. The van der Waals surface area contributed by atoms with Gasteiger partial charge in [0.1, 0.15) is 17.5 Å². The van der Waals surface area contributed by atoms with Gasteiger partial charge in [0.15, 0.2) is 0 Å². The van der Waals surface area contributed by atoms with Crippen molar-refractivity contribution in [3.63, 3.8) is 0 Å². The molecule has 2 amide bonds. The van der Waals surface area contributed by atoms with Gasteiger partial charge in [0, 0.05) is 18.1 Å². The number of hydrogen-bond acceptors (Lipinski definition) is 4. The van der Waals surface area contributed by atoms with Crippen LogP contribution in [0.15, 0.2) is 42.5 Å². The van der Waals surface area contributed by atoms with Gasteiger partial charge in [0.25, 0.3) is 5.91 Å². The van der Waals surface area contributed by atoms with Crippen LogP contribution in [0.3, 0.4) is 0 Å². The lowest BCUT2D eigenvalue weighted by atomic mass is 9.95. The summed E-state index contributed by atoms with van der Waals surface area (Å²) in [6.45, 7) is 0. The van der Waals surface area contributed by atoms with E-state index < -0.39 is 6.04 Å². The molecule has 6 heteroatoms. The molecular weight excluding hydrogens is 308 g/mol. The van der Waals surface area contributed by atoms with Gasteiger partial charge in [-0.15, -0.1) is 0 Å². The Kier molecular flexibility index (Phi) is 4.37. The molecular formula is C18H18N2O4. The van der Waals surface area contributed by atoms with Crippen LogP contribution in [-0.2, 0) is 11.2 Å². The molecule has 0 spiro atoms. The maximum Gasteiger partial charge on any atom is 0.252 e. The summed E-state index contributed by atoms with van der Waals surface area (Å²) in [7, 11) is 3.07. The molecule has 0 bridgehead atoms. The SMILES string of the molecule is COc1ccc(NC(=O)C2Cc3ccccc3C(=O)N2)c(OC)c1. The average molecular weight is 326 g/mol. The number of amides is 2. The highest BCUT2D eigenvalue weighted by Crippen LogP contribution is 2.29. The monoisotopic (exact) mass is 326 g/mol. The third-order valence-electron chi connectivity index (χ3n) is 3.97. The third-order valence-corrected chi connectivity index (χ3v) is 3.97. The average Bonchev–Trinajstić information content (AvgIpc) is 2.62. The Hall–Kier alpha value is -3.02. The Bertz CT molecular complexity index is 788. The third kappa shape index (κ3) is 3.03. The van der Waals surface area contributed by atoms with Crippen molar-refractivity contribution in [2.24, 2.45) is 0 Å². The second-order valence-electron chi connectivity index (χ2n) is 5.44.